The number of aromatic nitrogens is 1. The average Bonchev–Trinajstić information content (AvgIpc) is 2.49. The Morgan fingerprint density at radius 2 is 1.67 bits per heavy atom. The number of hydrogen-bond acceptors (Lipinski definition) is 2. The standard InChI is InChI=1S/C18H17ClN2/c19-17-7-3-1-6-14(17)11-15(20)12-16-10-9-13-5-2-4-8-18(13)21-16/h1-10,15H,11-12,20H2. The second kappa shape index (κ2) is 6.25. The van der Waals surface area contributed by atoms with E-state index in [1.165, 1.54) is 0 Å². The molecule has 106 valence electrons. The number of benzene rings is 2. The first-order chi connectivity index (χ1) is 10.2. The Labute approximate surface area is 129 Å². The lowest BCUT2D eigenvalue weighted by Crippen LogP contribution is -2.26. The summed E-state index contributed by atoms with van der Waals surface area (Å²) >= 11 is 6.18. The molecule has 2 aromatic carbocycles. The van der Waals surface area contributed by atoms with E-state index in [0.29, 0.717) is 0 Å². The van der Waals surface area contributed by atoms with Crippen LogP contribution in [0.25, 0.3) is 10.9 Å². The quantitative estimate of drug-likeness (QED) is 0.790. The van der Waals surface area contributed by atoms with E-state index >= 15 is 0 Å². The number of pyridine rings is 1. The zero-order valence-corrected chi connectivity index (χ0v) is 12.4. The van der Waals surface area contributed by atoms with E-state index in [1.807, 2.05) is 42.5 Å². The molecule has 1 atom stereocenters. The maximum absolute atomic E-state index is 6.25. The van der Waals surface area contributed by atoms with Gasteiger partial charge in [0.1, 0.15) is 0 Å². The summed E-state index contributed by atoms with van der Waals surface area (Å²) in [5, 5.41) is 1.93. The second-order valence-corrected chi connectivity index (χ2v) is 5.66. The minimum absolute atomic E-state index is 0.0126. The molecule has 0 aliphatic rings. The summed E-state index contributed by atoms with van der Waals surface area (Å²) in [6.07, 6.45) is 1.50. The fourth-order valence-electron chi connectivity index (χ4n) is 2.51. The highest BCUT2D eigenvalue weighted by atomic mass is 35.5. The van der Waals surface area contributed by atoms with Crippen molar-refractivity contribution in [2.75, 3.05) is 0 Å². The SMILES string of the molecule is NC(Cc1ccc2ccccc2n1)Cc1ccccc1Cl. The van der Waals surface area contributed by atoms with E-state index in [0.717, 1.165) is 40.0 Å². The average molecular weight is 297 g/mol. The fourth-order valence-corrected chi connectivity index (χ4v) is 2.72. The number of hydrogen-bond donors (Lipinski definition) is 1. The number of para-hydroxylation sites is 1. The van der Waals surface area contributed by atoms with Crippen LogP contribution in [-0.4, -0.2) is 11.0 Å². The predicted molar refractivity (Wildman–Crippen MR) is 88.6 cm³/mol. The zero-order chi connectivity index (χ0) is 14.7. The van der Waals surface area contributed by atoms with E-state index in [1.54, 1.807) is 0 Å². The second-order valence-electron chi connectivity index (χ2n) is 5.26. The molecule has 21 heavy (non-hydrogen) atoms. The van der Waals surface area contributed by atoms with Gasteiger partial charge in [-0.3, -0.25) is 4.98 Å². The Morgan fingerprint density at radius 3 is 2.52 bits per heavy atom. The van der Waals surface area contributed by atoms with Crippen LogP contribution >= 0.6 is 11.6 Å². The molecule has 0 fully saturated rings. The van der Waals surface area contributed by atoms with Crippen LogP contribution < -0.4 is 5.73 Å². The van der Waals surface area contributed by atoms with Crippen molar-refractivity contribution in [3.8, 4) is 0 Å². The van der Waals surface area contributed by atoms with Crippen molar-refractivity contribution in [1.29, 1.82) is 0 Å². The number of rotatable bonds is 4. The van der Waals surface area contributed by atoms with E-state index in [9.17, 15) is 0 Å². The highest BCUT2D eigenvalue weighted by molar-refractivity contribution is 6.31. The number of nitrogens with two attached hydrogens (primary N) is 1. The van der Waals surface area contributed by atoms with Gasteiger partial charge in [-0.1, -0.05) is 54.1 Å². The molecule has 2 nitrogen and oxygen atoms in total. The molecule has 0 aliphatic heterocycles. The van der Waals surface area contributed by atoms with Crippen LogP contribution in [0.5, 0.6) is 0 Å². The summed E-state index contributed by atoms with van der Waals surface area (Å²) in [4.78, 5) is 4.67. The van der Waals surface area contributed by atoms with Gasteiger partial charge in [-0.2, -0.15) is 0 Å². The highest BCUT2D eigenvalue weighted by Crippen LogP contribution is 2.18. The van der Waals surface area contributed by atoms with Crippen LogP contribution in [-0.2, 0) is 12.8 Å². The van der Waals surface area contributed by atoms with Gasteiger partial charge in [0.15, 0.2) is 0 Å². The maximum atomic E-state index is 6.25. The van der Waals surface area contributed by atoms with Crippen LogP contribution in [0.2, 0.25) is 5.02 Å². The monoisotopic (exact) mass is 296 g/mol. The van der Waals surface area contributed by atoms with Gasteiger partial charge in [0.05, 0.1) is 5.52 Å². The minimum atomic E-state index is 0.0126. The Kier molecular flexibility index (Phi) is 4.18. The van der Waals surface area contributed by atoms with Gasteiger partial charge >= 0.3 is 0 Å². The first kappa shape index (κ1) is 14.1. The van der Waals surface area contributed by atoms with Crippen molar-refractivity contribution in [1.82, 2.24) is 4.98 Å². The third-order valence-electron chi connectivity index (χ3n) is 3.57. The van der Waals surface area contributed by atoms with Crippen LogP contribution in [0.15, 0.2) is 60.7 Å². The van der Waals surface area contributed by atoms with E-state index in [-0.39, 0.29) is 6.04 Å². The molecular weight excluding hydrogens is 280 g/mol. The first-order valence-electron chi connectivity index (χ1n) is 7.06. The van der Waals surface area contributed by atoms with E-state index in [2.05, 4.69) is 23.2 Å². The van der Waals surface area contributed by atoms with Crippen LogP contribution in [0.3, 0.4) is 0 Å². The van der Waals surface area contributed by atoms with Gasteiger partial charge in [0, 0.05) is 28.6 Å². The molecule has 1 aromatic heterocycles. The van der Waals surface area contributed by atoms with E-state index in [4.69, 9.17) is 17.3 Å². The smallest absolute Gasteiger partial charge is 0.0705 e. The molecule has 3 rings (SSSR count). The number of halogens is 1. The minimum Gasteiger partial charge on any atom is -0.327 e. The largest absolute Gasteiger partial charge is 0.327 e. The molecule has 1 unspecified atom stereocenters. The molecule has 3 heteroatoms. The van der Waals surface area contributed by atoms with Crippen molar-refractivity contribution in [3.63, 3.8) is 0 Å². The summed E-state index contributed by atoms with van der Waals surface area (Å²) in [5.74, 6) is 0. The summed E-state index contributed by atoms with van der Waals surface area (Å²) in [5.41, 5.74) is 9.38. The molecule has 0 aliphatic carbocycles. The molecule has 2 N–H and O–H groups in total. The molecule has 0 spiro atoms. The van der Waals surface area contributed by atoms with Gasteiger partial charge < -0.3 is 5.73 Å². The summed E-state index contributed by atoms with van der Waals surface area (Å²) < 4.78 is 0. The van der Waals surface area contributed by atoms with Crippen molar-refractivity contribution in [2.45, 2.75) is 18.9 Å². The molecule has 0 radical (unpaired) electrons. The summed E-state index contributed by atoms with van der Waals surface area (Å²) in [6, 6.07) is 20.1. The molecule has 1 heterocycles. The predicted octanol–water partition coefficient (Wildman–Crippen LogP) is 4.00. The Bertz CT molecular complexity index is 755. The molecule has 0 saturated heterocycles. The fraction of sp³-hybridized carbons (Fsp3) is 0.167. The third kappa shape index (κ3) is 3.41. The van der Waals surface area contributed by atoms with Gasteiger partial charge in [-0.05, 0) is 30.2 Å². The normalized spacial score (nSPS) is 12.5. The molecule has 3 aromatic rings. The van der Waals surface area contributed by atoms with Crippen molar-refractivity contribution in [2.24, 2.45) is 5.73 Å². The molecule has 0 saturated carbocycles. The Balaban J connectivity index is 1.74. The van der Waals surface area contributed by atoms with Crippen molar-refractivity contribution >= 4 is 22.5 Å². The van der Waals surface area contributed by atoms with Crippen molar-refractivity contribution < 1.29 is 0 Å². The lowest BCUT2D eigenvalue weighted by Gasteiger charge is -2.12. The molecular formula is C18H17ClN2. The maximum Gasteiger partial charge on any atom is 0.0705 e. The highest BCUT2D eigenvalue weighted by Gasteiger charge is 2.09. The zero-order valence-electron chi connectivity index (χ0n) is 11.7. The van der Waals surface area contributed by atoms with Crippen molar-refractivity contribution in [3.05, 3.63) is 76.9 Å². The van der Waals surface area contributed by atoms with Gasteiger partial charge in [-0.25, -0.2) is 0 Å². The third-order valence-corrected chi connectivity index (χ3v) is 3.94. The number of fused-ring (bicyclic) bond motifs is 1. The first-order valence-corrected chi connectivity index (χ1v) is 7.44. The number of nitrogens with zero attached hydrogens (tertiary/aromatic N) is 1. The Morgan fingerprint density at radius 1 is 0.905 bits per heavy atom. The van der Waals surface area contributed by atoms with E-state index < -0.39 is 0 Å². The Hall–Kier alpha value is -1.90. The van der Waals surface area contributed by atoms with Gasteiger partial charge in [-0.15, -0.1) is 0 Å². The van der Waals surface area contributed by atoms with Gasteiger partial charge in [0.2, 0.25) is 0 Å². The van der Waals surface area contributed by atoms with Crippen LogP contribution in [0.1, 0.15) is 11.3 Å². The lowest BCUT2D eigenvalue weighted by atomic mass is 10.0. The lowest BCUT2D eigenvalue weighted by molar-refractivity contribution is 0.656. The molecule has 0 amide bonds. The molecule has 0 bridgehead atoms. The van der Waals surface area contributed by atoms with Crippen LogP contribution in [0.4, 0.5) is 0 Å². The topological polar surface area (TPSA) is 38.9 Å². The van der Waals surface area contributed by atoms with Crippen LogP contribution in [0, 0.1) is 0 Å². The summed E-state index contributed by atoms with van der Waals surface area (Å²) in [7, 11) is 0. The van der Waals surface area contributed by atoms with Gasteiger partial charge in [0.25, 0.3) is 0 Å². The summed E-state index contributed by atoms with van der Waals surface area (Å²) in [6.45, 7) is 0.